The summed E-state index contributed by atoms with van der Waals surface area (Å²) in [4.78, 5) is 67.3. The number of rotatable bonds is 6. The molecule has 1 aromatic rings. The van der Waals surface area contributed by atoms with E-state index in [4.69, 9.17) is 23.4 Å². The van der Waals surface area contributed by atoms with E-state index in [0.29, 0.717) is 6.42 Å². The van der Waals surface area contributed by atoms with Crippen molar-refractivity contribution >= 4 is 29.5 Å². The van der Waals surface area contributed by atoms with Crippen molar-refractivity contribution < 1.29 is 57.6 Å². The summed E-state index contributed by atoms with van der Waals surface area (Å²) in [6, 6.07) is 1.79. The van der Waals surface area contributed by atoms with Gasteiger partial charge in [0.15, 0.2) is 12.2 Å². The monoisotopic (exact) mass is 658 g/mol. The van der Waals surface area contributed by atoms with E-state index in [1.54, 1.807) is 33.1 Å². The van der Waals surface area contributed by atoms with Crippen LogP contribution in [0.4, 0.5) is 0 Å². The fourth-order valence-electron chi connectivity index (χ4n) is 11.0. The molecule has 6 rings (SSSR count). The number of ether oxygens (including phenoxy) is 4. The number of aliphatic hydroxyl groups is 2. The molecule has 2 heterocycles. The molecule has 258 valence electrons. The summed E-state index contributed by atoms with van der Waals surface area (Å²) in [5.41, 5.74) is -4.40. The van der Waals surface area contributed by atoms with E-state index < -0.39 is 93.9 Å². The van der Waals surface area contributed by atoms with Gasteiger partial charge in [-0.25, -0.2) is 0 Å². The molecule has 0 amide bonds. The maximum absolute atomic E-state index is 14.8. The normalized spacial score (nSPS) is 46.0. The maximum atomic E-state index is 14.8. The van der Waals surface area contributed by atoms with Crippen molar-refractivity contribution in [3.05, 3.63) is 24.2 Å². The molecule has 4 aliphatic carbocycles. The van der Waals surface area contributed by atoms with Crippen LogP contribution in [0.15, 0.2) is 23.0 Å². The zero-order valence-electron chi connectivity index (χ0n) is 28.0. The number of carbonyl (C=O) groups is 5. The highest BCUT2D eigenvalue weighted by molar-refractivity contribution is 5.94. The quantitative estimate of drug-likeness (QED) is 0.338. The molecular weight excluding hydrogens is 612 g/mol. The third-order valence-corrected chi connectivity index (χ3v) is 13.0. The lowest BCUT2D eigenvalue weighted by Crippen LogP contribution is -2.82. The number of aliphatic hydroxyl groups excluding tert-OH is 2. The van der Waals surface area contributed by atoms with Gasteiger partial charge in [0, 0.05) is 55.3 Å². The van der Waals surface area contributed by atoms with Crippen LogP contribution in [0.25, 0.3) is 0 Å². The number of esters is 3. The third-order valence-electron chi connectivity index (χ3n) is 13.0. The van der Waals surface area contributed by atoms with Crippen LogP contribution in [0.1, 0.15) is 85.6 Å². The largest absolute Gasteiger partial charge is 0.472 e. The first kappa shape index (κ1) is 33.8. The lowest BCUT2D eigenvalue weighted by atomic mass is 9.33. The number of hydrogen-bond donors (Lipinski definition) is 2. The molecule has 4 saturated carbocycles. The molecule has 1 aliphatic heterocycles. The molecule has 2 bridgehead atoms. The fourth-order valence-corrected chi connectivity index (χ4v) is 11.0. The minimum Gasteiger partial charge on any atom is -0.472 e. The second-order valence-electron chi connectivity index (χ2n) is 15.4. The fraction of sp³-hybridized carbons (Fsp3) is 0.743. The van der Waals surface area contributed by atoms with Crippen LogP contribution in [-0.4, -0.2) is 77.0 Å². The van der Waals surface area contributed by atoms with E-state index in [1.165, 1.54) is 13.2 Å². The van der Waals surface area contributed by atoms with Crippen molar-refractivity contribution in [1.29, 1.82) is 0 Å². The van der Waals surface area contributed by atoms with Gasteiger partial charge in [0.1, 0.15) is 17.7 Å². The van der Waals surface area contributed by atoms with Gasteiger partial charge in [-0.05, 0) is 42.7 Å². The van der Waals surface area contributed by atoms with E-state index in [0.717, 1.165) is 12.5 Å². The van der Waals surface area contributed by atoms with E-state index in [9.17, 15) is 34.2 Å². The van der Waals surface area contributed by atoms with Crippen LogP contribution >= 0.6 is 0 Å². The second-order valence-corrected chi connectivity index (χ2v) is 15.4. The summed E-state index contributed by atoms with van der Waals surface area (Å²) in [6.07, 6.45) is -3.28. The molecule has 5 aliphatic rings. The molecule has 14 atom stereocenters. The van der Waals surface area contributed by atoms with Gasteiger partial charge in [0.25, 0.3) is 0 Å². The highest BCUT2D eigenvalue weighted by Gasteiger charge is 2.82. The van der Waals surface area contributed by atoms with Crippen LogP contribution < -0.4 is 0 Å². The van der Waals surface area contributed by atoms with Gasteiger partial charge in [0.2, 0.25) is 6.29 Å². The second kappa shape index (κ2) is 11.2. The molecule has 12 nitrogen and oxygen atoms in total. The maximum Gasteiger partial charge on any atom is 0.310 e. The minimum atomic E-state index is -1.61. The number of carbonyl (C=O) groups excluding carboxylic acids is 5. The van der Waals surface area contributed by atoms with E-state index in [1.807, 2.05) is 13.8 Å². The van der Waals surface area contributed by atoms with Gasteiger partial charge in [0.05, 0.1) is 36.6 Å². The van der Waals surface area contributed by atoms with Gasteiger partial charge in [-0.1, -0.05) is 27.7 Å². The molecule has 1 unspecified atom stereocenters. The Labute approximate surface area is 273 Å². The molecule has 0 spiro atoms. The van der Waals surface area contributed by atoms with Crippen molar-refractivity contribution in [2.24, 2.45) is 45.3 Å². The van der Waals surface area contributed by atoms with Crippen LogP contribution in [0.2, 0.25) is 0 Å². The Bertz CT molecular complexity index is 1470. The first-order valence-electron chi connectivity index (χ1n) is 16.6. The number of furan rings is 1. The highest BCUT2D eigenvalue weighted by atomic mass is 16.7. The Kier molecular flexibility index (Phi) is 8.08. The average Bonchev–Trinajstić information content (AvgIpc) is 3.61. The van der Waals surface area contributed by atoms with Crippen molar-refractivity contribution in [2.45, 2.75) is 111 Å². The number of fused-ring (bicyclic) bond motifs is 3. The molecule has 0 aromatic carbocycles. The molecule has 0 radical (unpaired) electrons. The van der Waals surface area contributed by atoms with Crippen molar-refractivity contribution in [2.75, 3.05) is 6.61 Å². The summed E-state index contributed by atoms with van der Waals surface area (Å²) < 4.78 is 29.2. The van der Waals surface area contributed by atoms with E-state index in [-0.39, 0.29) is 43.4 Å². The van der Waals surface area contributed by atoms with Crippen LogP contribution in [0.5, 0.6) is 0 Å². The zero-order valence-corrected chi connectivity index (χ0v) is 28.0. The zero-order chi connectivity index (χ0) is 34.4. The lowest BCUT2D eigenvalue weighted by Gasteiger charge is -2.73. The van der Waals surface area contributed by atoms with Gasteiger partial charge >= 0.3 is 17.9 Å². The third kappa shape index (κ3) is 4.46. The van der Waals surface area contributed by atoms with Crippen molar-refractivity contribution in [1.82, 2.24) is 0 Å². The van der Waals surface area contributed by atoms with Crippen LogP contribution in [0.3, 0.4) is 0 Å². The van der Waals surface area contributed by atoms with Crippen LogP contribution in [-0.2, 0) is 42.9 Å². The summed E-state index contributed by atoms with van der Waals surface area (Å²) >= 11 is 0. The van der Waals surface area contributed by atoms with E-state index in [2.05, 4.69) is 0 Å². The van der Waals surface area contributed by atoms with Crippen LogP contribution in [0, 0.1) is 45.3 Å². The highest BCUT2D eigenvalue weighted by Crippen LogP contribution is 2.75. The summed E-state index contributed by atoms with van der Waals surface area (Å²) in [6.45, 7) is 10.9. The topological polar surface area (TPSA) is 176 Å². The lowest BCUT2D eigenvalue weighted by molar-refractivity contribution is -0.387. The van der Waals surface area contributed by atoms with Crippen molar-refractivity contribution in [3.8, 4) is 0 Å². The first-order chi connectivity index (χ1) is 22.0. The number of ketones is 2. The molecule has 5 fully saturated rings. The minimum absolute atomic E-state index is 0.0117. The van der Waals surface area contributed by atoms with Gasteiger partial charge in [-0.2, -0.15) is 0 Å². The van der Waals surface area contributed by atoms with E-state index >= 15 is 0 Å². The molecule has 1 saturated heterocycles. The Morgan fingerprint density at radius 3 is 2.28 bits per heavy atom. The Balaban J connectivity index is 1.54. The summed E-state index contributed by atoms with van der Waals surface area (Å²) in [5.74, 6) is -5.93. The van der Waals surface area contributed by atoms with Gasteiger partial charge < -0.3 is 33.6 Å². The molecule has 12 heteroatoms. The molecule has 47 heavy (non-hydrogen) atoms. The number of hydrogen-bond acceptors (Lipinski definition) is 12. The van der Waals surface area contributed by atoms with Crippen molar-refractivity contribution in [3.63, 3.8) is 0 Å². The predicted molar refractivity (Wildman–Crippen MR) is 161 cm³/mol. The Hall–Kier alpha value is -3.09. The van der Waals surface area contributed by atoms with Gasteiger partial charge in [-0.15, -0.1) is 0 Å². The van der Waals surface area contributed by atoms with Gasteiger partial charge in [-0.3, -0.25) is 24.0 Å². The average molecular weight is 659 g/mol. The molecular formula is C35H46O12. The summed E-state index contributed by atoms with van der Waals surface area (Å²) in [5, 5.41) is 24.7. The number of Topliss-reactive ketones (excluding diaryl/α,β-unsaturated/α-hetero) is 2. The standard InChI is InChI=1S/C35H46O12/c1-8-16(2)30(42)47-31-33(6)23-12-24(40)34(7)26-21(38)11-20(19-9-10-43-14-19)32(26,5)13-22(39)27(34)35(23,15-44-31)28(41)25(45-17(3)36)29(33)46-18(4)37/h9-10,14,16,20,23-29,31,40-41H,8,11-13,15H2,1-7H3/t16?,20-,23-,24+,25+,26+,27-,28-,29+,31-,32-,33+,34-,35-/m0/s1. The Morgan fingerprint density at radius 2 is 1.68 bits per heavy atom. The Morgan fingerprint density at radius 1 is 1.00 bits per heavy atom. The molecule has 2 N–H and O–H groups in total. The first-order valence-corrected chi connectivity index (χ1v) is 16.6. The SMILES string of the molecule is CCC(C)C(=O)O[C@@H]1OC[C@]23[C@@H](O)[C@@H](OC(C)=O)[C@@H](OC(C)=O)[C@@]1(C)[C@@H]2C[C@@H](O)[C@@]1(C)[C@@H]2C(=O)C[C@@H](c4ccoc4)[C@]2(C)CC(=O)[C@@H]13. The predicted octanol–water partition coefficient (Wildman–Crippen LogP) is 3.11. The summed E-state index contributed by atoms with van der Waals surface area (Å²) in [7, 11) is 0. The smallest absolute Gasteiger partial charge is 0.310 e. The molecule has 1 aromatic heterocycles.